The summed E-state index contributed by atoms with van der Waals surface area (Å²) in [4.78, 5) is 17.0. The van der Waals surface area contributed by atoms with Crippen LogP contribution in [0.25, 0.3) is 28.2 Å². The zero-order valence-electron chi connectivity index (χ0n) is 12.6. The van der Waals surface area contributed by atoms with Crippen LogP contribution in [-0.4, -0.2) is 24.4 Å². The van der Waals surface area contributed by atoms with Crippen LogP contribution in [-0.2, 0) is 6.54 Å². The van der Waals surface area contributed by atoms with Crippen LogP contribution in [0.3, 0.4) is 0 Å². The van der Waals surface area contributed by atoms with Crippen molar-refractivity contribution in [3.05, 3.63) is 65.2 Å². The van der Waals surface area contributed by atoms with E-state index >= 15 is 0 Å². The second-order valence-electron chi connectivity index (χ2n) is 5.25. The third-order valence-electron chi connectivity index (χ3n) is 3.81. The van der Waals surface area contributed by atoms with Crippen LogP contribution in [0.15, 0.2) is 59.7 Å². The Morgan fingerprint density at radius 2 is 1.96 bits per heavy atom. The minimum atomic E-state index is -0.154. The highest BCUT2D eigenvalue weighted by molar-refractivity contribution is 5.78. The first-order valence-electron chi connectivity index (χ1n) is 7.46. The van der Waals surface area contributed by atoms with E-state index in [-0.39, 0.29) is 5.56 Å². The van der Waals surface area contributed by atoms with Crippen LogP contribution < -0.4 is 5.56 Å². The Kier molecular flexibility index (Phi) is 3.08. The van der Waals surface area contributed by atoms with Crippen molar-refractivity contribution in [2.24, 2.45) is 0 Å². The molecule has 0 aliphatic heterocycles. The summed E-state index contributed by atoms with van der Waals surface area (Å²) in [6, 6.07) is 13.2. The predicted octanol–water partition coefficient (Wildman–Crippen LogP) is 2.57. The highest BCUT2D eigenvalue weighted by atomic mass is 16.1. The molecule has 4 rings (SSSR count). The van der Waals surface area contributed by atoms with Crippen LogP contribution in [0.1, 0.15) is 6.92 Å². The lowest BCUT2D eigenvalue weighted by Gasteiger charge is -2.01. The molecule has 0 unspecified atom stereocenters. The van der Waals surface area contributed by atoms with Gasteiger partial charge < -0.3 is 0 Å². The number of aromatic amines is 1. The largest absolute Gasteiger partial charge is 0.296 e. The molecule has 1 N–H and O–H groups in total. The average molecular weight is 305 g/mol. The molecular weight excluding hydrogens is 290 g/mol. The standard InChI is InChI=1S/C17H15N5O/c1-2-21-9-8-14(20-21)15-10-16(23)22-17(19-15)13(11-18-22)12-6-4-3-5-7-12/h3-11,18H,2H2,1H3. The van der Waals surface area contributed by atoms with Gasteiger partial charge in [0, 0.05) is 30.6 Å². The minimum Gasteiger partial charge on any atom is -0.296 e. The van der Waals surface area contributed by atoms with Gasteiger partial charge in [0.2, 0.25) is 0 Å². The van der Waals surface area contributed by atoms with E-state index in [2.05, 4.69) is 15.2 Å². The fourth-order valence-electron chi connectivity index (χ4n) is 2.62. The van der Waals surface area contributed by atoms with Crippen molar-refractivity contribution in [2.45, 2.75) is 13.5 Å². The molecule has 0 spiro atoms. The van der Waals surface area contributed by atoms with Gasteiger partial charge in [-0.2, -0.15) is 5.10 Å². The van der Waals surface area contributed by atoms with Crippen molar-refractivity contribution in [3.63, 3.8) is 0 Å². The Morgan fingerprint density at radius 3 is 2.70 bits per heavy atom. The monoisotopic (exact) mass is 305 g/mol. The summed E-state index contributed by atoms with van der Waals surface area (Å²) in [5.74, 6) is 0. The maximum Gasteiger partial charge on any atom is 0.273 e. The van der Waals surface area contributed by atoms with E-state index in [9.17, 15) is 4.79 Å². The smallest absolute Gasteiger partial charge is 0.273 e. The van der Waals surface area contributed by atoms with Crippen molar-refractivity contribution in [1.82, 2.24) is 24.4 Å². The van der Waals surface area contributed by atoms with E-state index in [0.29, 0.717) is 17.0 Å². The molecular formula is C17H15N5O. The summed E-state index contributed by atoms with van der Waals surface area (Å²) >= 11 is 0. The molecule has 0 saturated heterocycles. The molecule has 1 aromatic carbocycles. The van der Waals surface area contributed by atoms with E-state index in [1.54, 1.807) is 6.20 Å². The SMILES string of the molecule is CCn1ccc(-c2cc(=O)n3[nH]cc(-c4ccccc4)c3n2)n1. The first-order chi connectivity index (χ1) is 11.3. The molecule has 3 aromatic heterocycles. The zero-order chi connectivity index (χ0) is 15.8. The number of aromatic nitrogens is 5. The lowest BCUT2D eigenvalue weighted by molar-refractivity contribution is 0.661. The molecule has 6 heteroatoms. The molecule has 23 heavy (non-hydrogen) atoms. The first-order valence-corrected chi connectivity index (χ1v) is 7.46. The summed E-state index contributed by atoms with van der Waals surface area (Å²) < 4.78 is 3.26. The Hall–Kier alpha value is -3.15. The van der Waals surface area contributed by atoms with Gasteiger partial charge >= 0.3 is 0 Å². The Labute approximate surface area is 132 Å². The van der Waals surface area contributed by atoms with Crippen molar-refractivity contribution < 1.29 is 0 Å². The van der Waals surface area contributed by atoms with E-state index < -0.39 is 0 Å². The number of hydrogen-bond donors (Lipinski definition) is 1. The number of hydrogen-bond acceptors (Lipinski definition) is 3. The van der Waals surface area contributed by atoms with Gasteiger partial charge in [-0.3, -0.25) is 14.6 Å². The lowest BCUT2D eigenvalue weighted by atomic mass is 10.1. The van der Waals surface area contributed by atoms with Gasteiger partial charge in [0.15, 0.2) is 5.65 Å². The van der Waals surface area contributed by atoms with Crippen LogP contribution in [0.4, 0.5) is 0 Å². The number of rotatable bonds is 3. The third-order valence-corrected chi connectivity index (χ3v) is 3.81. The summed E-state index contributed by atoms with van der Waals surface area (Å²) in [6.45, 7) is 2.79. The van der Waals surface area contributed by atoms with E-state index in [4.69, 9.17) is 0 Å². The Balaban J connectivity index is 1.93. The van der Waals surface area contributed by atoms with Crippen LogP contribution >= 0.6 is 0 Å². The normalized spacial score (nSPS) is 11.2. The highest BCUT2D eigenvalue weighted by Gasteiger charge is 2.12. The van der Waals surface area contributed by atoms with Gasteiger partial charge in [0.05, 0.1) is 5.69 Å². The molecule has 0 amide bonds. The summed E-state index contributed by atoms with van der Waals surface area (Å²) in [5, 5.41) is 7.40. The Bertz CT molecular complexity index is 1030. The average Bonchev–Trinajstić information content (AvgIpc) is 3.22. The van der Waals surface area contributed by atoms with Crippen LogP contribution in [0.5, 0.6) is 0 Å². The van der Waals surface area contributed by atoms with E-state index in [1.807, 2.05) is 54.2 Å². The molecule has 0 aliphatic rings. The number of aryl methyl sites for hydroxylation is 1. The quantitative estimate of drug-likeness (QED) is 0.632. The minimum absolute atomic E-state index is 0.154. The van der Waals surface area contributed by atoms with Gasteiger partial charge in [0.25, 0.3) is 5.56 Å². The number of nitrogens with one attached hydrogen (secondary N) is 1. The molecule has 6 nitrogen and oxygen atoms in total. The molecule has 3 heterocycles. The molecule has 0 saturated carbocycles. The van der Waals surface area contributed by atoms with Crippen LogP contribution in [0, 0.1) is 0 Å². The molecule has 0 bridgehead atoms. The van der Waals surface area contributed by atoms with Gasteiger partial charge in [0.1, 0.15) is 5.69 Å². The predicted molar refractivity (Wildman–Crippen MR) is 88.1 cm³/mol. The maximum absolute atomic E-state index is 12.4. The second-order valence-corrected chi connectivity index (χ2v) is 5.25. The number of nitrogens with zero attached hydrogens (tertiary/aromatic N) is 4. The van der Waals surface area contributed by atoms with Crippen molar-refractivity contribution in [1.29, 1.82) is 0 Å². The van der Waals surface area contributed by atoms with E-state index in [1.165, 1.54) is 10.6 Å². The molecule has 0 radical (unpaired) electrons. The van der Waals surface area contributed by atoms with Crippen LogP contribution in [0.2, 0.25) is 0 Å². The fraction of sp³-hybridized carbons (Fsp3) is 0.118. The fourth-order valence-corrected chi connectivity index (χ4v) is 2.62. The van der Waals surface area contributed by atoms with Gasteiger partial charge in [-0.1, -0.05) is 30.3 Å². The first kappa shape index (κ1) is 13.5. The third kappa shape index (κ3) is 2.24. The van der Waals surface area contributed by atoms with E-state index in [0.717, 1.165) is 17.7 Å². The second kappa shape index (κ2) is 5.24. The molecule has 0 atom stereocenters. The summed E-state index contributed by atoms with van der Waals surface area (Å²) in [7, 11) is 0. The van der Waals surface area contributed by atoms with Crippen molar-refractivity contribution in [2.75, 3.05) is 0 Å². The topological polar surface area (TPSA) is 68.0 Å². The molecule has 0 fully saturated rings. The molecule has 4 aromatic rings. The molecule has 0 aliphatic carbocycles. The van der Waals surface area contributed by atoms with Crippen molar-refractivity contribution >= 4 is 5.65 Å². The summed E-state index contributed by atoms with van der Waals surface area (Å²) in [5.41, 5.74) is 3.63. The maximum atomic E-state index is 12.4. The zero-order valence-corrected chi connectivity index (χ0v) is 12.6. The number of fused-ring (bicyclic) bond motifs is 1. The highest BCUT2D eigenvalue weighted by Crippen LogP contribution is 2.23. The van der Waals surface area contributed by atoms with Gasteiger partial charge in [-0.15, -0.1) is 0 Å². The summed E-state index contributed by atoms with van der Waals surface area (Å²) in [6.07, 6.45) is 3.68. The van der Waals surface area contributed by atoms with Gasteiger partial charge in [-0.25, -0.2) is 9.50 Å². The number of H-pyrrole nitrogens is 1. The van der Waals surface area contributed by atoms with Gasteiger partial charge in [-0.05, 0) is 18.6 Å². The van der Waals surface area contributed by atoms with Crippen molar-refractivity contribution in [3.8, 4) is 22.5 Å². The number of benzene rings is 1. The molecule has 114 valence electrons. The Morgan fingerprint density at radius 1 is 1.13 bits per heavy atom. The lowest BCUT2D eigenvalue weighted by Crippen LogP contribution is -2.14.